The molecule has 0 spiro atoms. The van der Waals surface area contributed by atoms with Crippen molar-refractivity contribution in [1.82, 2.24) is 0 Å². The Kier molecular flexibility index (Phi) is 3.91. The van der Waals surface area contributed by atoms with Gasteiger partial charge in [0.25, 0.3) is 0 Å². The highest BCUT2D eigenvalue weighted by molar-refractivity contribution is 7.10. The fraction of sp³-hybridized carbons (Fsp3) is 0.714. The fourth-order valence-electron chi connectivity index (χ4n) is 2.75. The molecule has 2 nitrogen and oxygen atoms in total. The quantitative estimate of drug-likeness (QED) is 0.891. The zero-order chi connectivity index (χ0) is 12.5. The first kappa shape index (κ1) is 13.1. The van der Waals surface area contributed by atoms with E-state index in [9.17, 15) is 5.11 Å². The highest BCUT2D eigenvalue weighted by Crippen LogP contribution is 2.43. The van der Waals surface area contributed by atoms with E-state index in [2.05, 4.69) is 25.3 Å². The van der Waals surface area contributed by atoms with Crippen LogP contribution in [0, 0.1) is 12.8 Å². The van der Waals surface area contributed by atoms with Crippen molar-refractivity contribution in [3.05, 3.63) is 21.9 Å². The highest BCUT2D eigenvalue weighted by atomic mass is 32.1. The van der Waals surface area contributed by atoms with Crippen LogP contribution < -0.4 is 0 Å². The summed E-state index contributed by atoms with van der Waals surface area (Å²) < 4.78 is 5.71. The minimum atomic E-state index is -0.482. The zero-order valence-corrected chi connectivity index (χ0v) is 11.7. The first-order chi connectivity index (χ1) is 8.07. The molecule has 1 aromatic rings. The van der Waals surface area contributed by atoms with Gasteiger partial charge in [-0.1, -0.05) is 6.92 Å². The second-order valence-electron chi connectivity index (χ2n) is 5.34. The topological polar surface area (TPSA) is 29.5 Å². The molecule has 0 aromatic carbocycles. The summed E-state index contributed by atoms with van der Waals surface area (Å²) in [5.41, 5.74) is 0.656. The van der Waals surface area contributed by atoms with Crippen LogP contribution in [0.25, 0.3) is 0 Å². The molecule has 1 aliphatic carbocycles. The zero-order valence-electron chi connectivity index (χ0n) is 10.9. The summed E-state index contributed by atoms with van der Waals surface area (Å²) >= 11 is 1.69. The van der Waals surface area contributed by atoms with Gasteiger partial charge >= 0.3 is 0 Å². The molecule has 1 atom stereocenters. The molecule has 17 heavy (non-hydrogen) atoms. The fourth-order valence-corrected chi connectivity index (χ4v) is 3.47. The molecule has 1 unspecified atom stereocenters. The number of aliphatic hydroxyl groups is 1. The van der Waals surface area contributed by atoms with Gasteiger partial charge in [-0.2, -0.15) is 0 Å². The molecule has 0 saturated heterocycles. The molecule has 0 aliphatic heterocycles. The number of ether oxygens (including phenoxy) is 1. The Morgan fingerprint density at radius 2 is 2.12 bits per heavy atom. The first-order valence-electron chi connectivity index (χ1n) is 6.35. The van der Waals surface area contributed by atoms with Gasteiger partial charge in [0.1, 0.15) is 6.10 Å². The lowest BCUT2D eigenvalue weighted by Gasteiger charge is -2.41. The summed E-state index contributed by atoms with van der Waals surface area (Å²) in [7, 11) is 1.73. The van der Waals surface area contributed by atoms with Crippen molar-refractivity contribution in [3.63, 3.8) is 0 Å². The van der Waals surface area contributed by atoms with Crippen LogP contribution in [0.4, 0.5) is 0 Å². The van der Waals surface area contributed by atoms with Gasteiger partial charge in [0.2, 0.25) is 0 Å². The summed E-state index contributed by atoms with van der Waals surface area (Å²) in [6, 6.07) is 2.08. The molecule has 1 aromatic heterocycles. The molecule has 1 saturated carbocycles. The second-order valence-corrected chi connectivity index (χ2v) is 6.46. The van der Waals surface area contributed by atoms with Crippen molar-refractivity contribution < 1.29 is 9.84 Å². The van der Waals surface area contributed by atoms with Gasteiger partial charge < -0.3 is 9.84 Å². The summed E-state index contributed by atoms with van der Waals surface area (Å²) in [5.74, 6) is 0.759. The third-order valence-electron chi connectivity index (χ3n) is 4.09. The van der Waals surface area contributed by atoms with E-state index in [1.54, 1.807) is 18.4 Å². The summed E-state index contributed by atoms with van der Waals surface area (Å²) in [4.78, 5) is 1.24. The van der Waals surface area contributed by atoms with Gasteiger partial charge in [-0.05, 0) is 55.5 Å². The van der Waals surface area contributed by atoms with Crippen molar-refractivity contribution >= 4 is 11.3 Å². The molecule has 0 amide bonds. The van der Waals surface area contributed by atoms with E-state index in [0.717, 1.165) is 37.2 Å². The maximum Gasteiger partial charge on any atom is 0.109 e. The van der Waals surface area contributed by atoms with Gasteiger partial charge in [-0.25, -0.2) is 0 Å². The molecule has 1 fully saturated rings. The van der Waals surface area contributed by atoms with E-state index in [4.69, 9.17) is 4.74 Å². The number of rotatable bonds is 3. The molecule has 0 radical (unpaired) electrons. The van der Waals surface area contributed by atoms with Gasteiger partial charge in [0.15, 0.2) is 0 Å². The molecule has 1 N–H and O–H groups in total. The monoisotopic (exact) mass is 254 g/mol. The molecule has 0 bridgehead atoms. The lowest BCUT2D eigenvalue weighted by Crippen LogP contribution is -2.41. The van der Waals surface area contributed by atoms with Gasteiger partial charge in [-0.3, -0.25) is 0 Å². The Labute approximate surface area is 108 Å². The molecule has 3 heteroatoms. The Balaban J connectivity index is 2.17. The lowest BCUT2D eigenvalue weighted by atomic mass is 9.75. The molecule has 1 aliphatic rings. The van der Waals surface area contributed by atoms with Crippen LogP contribution in [0.2, 0.25) is 0 Å². The molecule has 2 rings (SSSR count). The van der Waals surface area contributed by atoms with Crippen molar-refractivity contribution in [2.24, 2.45) is 5.92 Å². The smallest absolute Gasteiger partial charge is 0.109 e. The van der Waals surface area contributed by atoms with E-state index in [0.29, 0.717) is 0 Å². The van der Waals surface area contributed by atoms with Crippen LogP contribution in [0.15, 0.2) is 11.4 Å². The number of hydrogen-bond donors (Lipinski definition) is 1. The maximum absolute atomic E-state index is 10.6. The second kappa shape index (κ2) is 5.09. The van der Waals surface area contributed by atoms with Crippen molar-refractivity contribution in [1.29, 1.82) is 0 Å². The Hall–Kier alpha value is -0.380. The van der Waals surface area contributed by atoms with Crippen LogP contribution in [-0.2, 0) is 4.74 Å². The predicted molar refractivity (Wildman–Crippen MR) is 71.4 cm³/mol. The molecular formula is C14H22O2S. The van der Waals surface area contributed by atoms with Gasteiger partial charge in [0.05, 0.1) is 5.60 Å². The predicted octanol–water partition coefficient (Wildman–Crippen LogP) is 3.69. The number of aliphatic hydroxyl groups excluding tert-OH is 1. The van der Waals surface area contributed by atoms with Crippen molar-refractivity contribution in [2.45, 2.75) is 51.2 Å². The standard InChI is InChI=1S/C14H22O2S/c1-10-4-6-14(16-3,7-5-10)13(15)12-8-11(2)17-9-12/h8-10,13,15H,4-7H2,1-3H3. The van der Waals surface area contributed by atoms with Crippen molar-refractivity contribution in [3.8, 4) is 0 Å². The number of methoxy groups -OCH3 is 1. The normalized spacial score (nSPS) is 31.4. The average Bonchev–Trinajstić information content (AvgIpc) is 2.76. The largest absolute Gasteiger partial charge is 0.385 e. The average molecular weight is 254 g/mol. The SMILES string of the molecule is COC1(C(O)c2csc(C)c2)CCC(C)CC1. The summed E-state index contributed by atoms with van der Waals surface area (Å²) in [6.07, 6.45) is 3.73. The van der Waals surface area contributed by atoms with Crippen LogP contribution in [0.5, 0.6) is 0 Å². The van der Waals surface area contributed by atoms with E-state index in [1.165, 1.54) is 4.88 Å². The number of hydrogen-bond acceptors (Lipinski definition) is 3. The molecule has 96 valence electrons. The molecular weight excluding hydrogens is 232 g/mol. The first-order valence-corrected chi connectivity index (χ1v) is 7.23. The minimum absolute atomic E-state index is 0.361. The third-order valence-corrected chi connectivity index (χ3v) is 4.97. The summed E-state index contributed by atoms with van der Waals surface area (Å²) in [6.45, 7) is 4.35. The molecule has 1 heterocycles. The van der Waals surface area contributed by atoms with E-state index >= 15 is 0 Å². The van der Waals surface area contributed by atoms with Crippen molar-refractivity contribution in [2.75, 3.05) is 7.11 Å². The van der Waals surface area contributed by atoms with E-state index in [-0.39, 0.29) is 5.60 Å². The van der Waals surface area contributed by atoms with Crippen LogP contribution in [-0.4, -0.2) is 17.8 Å². The third kappa shape index (κ3) is 2.56. The van der Waals surface area contributed by atoms with E-state index in [1.807, 2.05) is 0 Å². The van der Waals surface area contributed by atoms with Gasteiger partial charge in [0, 0.05) is 12.0 Å². The Morgan fingerprint density at radius 3 is 2.59 bits per heavy atom. The van der Waals surface area contributed by atoms with Crippen LogP contribution in [0.1, 0.15) is 49.2 Å². The Morgan fingerprint density at radius 1 is 1.47 bits per heavy atom. The number of thiophene rings is 1. The maximum atomic E-state index is 10.6. The minimum Gasteiger partial charge on any atom is -0.385 e. The van der Waals surface area contributed by atoms with Crippen LogP contribution >= 0.6 is 11.3 Å². The van der Waals surface area contributed by atoms with Crippen LogP contribution in [0.3, 0.4) is 0 Å². The van der Waals surface area contributed by atoms with E-state index < -0.39 is 6.10 Å². The lowest BCUT2D eigenvalue weighted by molar-refractivity contribution is -0.130. The highest BCUT2D eigenvalue weighted by Gasteiger charge is 2.41. The summed E-state index contributed by atoms with van der Waals surface area (Å²) in [5, 5.41) is 12.6. The number of aryl methyl sites for hydroxylation is 1. The Bertz CT molecular complexity index is 364. The van der Waals surface area contributed by atoms with Gasteiger partial charge in [-0.15, -0.1) is 11.3 Å².